The Bertz CT molecular complexity index is 7120. The summed E-state index contributed by atoms with van der Waals surface area (Å²) in [4.78, 5) is 0. The second-order valence-corrected chi connectivity index (χ2v) is 40.4. The summed E-state index contributed by atoms with van der Waals surface area (Å²) in [5.41, 5.74) is 65.6. The molecule has 139 heavy (non-hydrogen) atoms. The van der Waals surface area contributed by atoms with Gasteiger partial charge in [-0.2, -0.15) is 0 Å². The molecule has 0 saturated carbocycles. The van der Waals surface area contributed by atoms with Gasteiger partial charge in [-0.25, -0.2) is 0 Å². The SMILES string of the molecule is Cc1cc(C)c(C)cc1C.Cc1cc2ccccc2c(-c2c(C)c(C)cc3ccccc23)c1C.Cc1ccc(-c2ccc(C)c(C)c2)cc1C.Cc1ccc(-c2cccc(C)c2C)cc1C.Cc1ccc(C)c(C)c1C.Cc1ccc(C2(c3ccc(C)c(C)c3)c3ccccc3-c3ccccc32)cc1C.Cc1ccc(Cc2ccc(C)c(C)c2)cc1C.Cc1ccc(Cc2cccc(C)c2C)cc1C. The van der Waals surface area contributed by atoms with Crippen molar-refractivity contribution in [1.29, 1.82) is 0 Å². The van der Waals surface area contributed by atoms with Gasteiger partial charge >= 0.3 is 0 Å². The van der Waals surface area contributed by atoms with Crippen LogP contribution in [0.3, 0.4) is 0 Å². The molecule has 0 amide bonds. The Morgan fingerprint density at radius 3 is 0.813 bits per heavy atom. The van der Waals surface area contributed by atoms with Gasteiger partial charge in [0.25, 0.3) is 0 Å². The largest absolute Gasteiger partial charge is 0.0713 e. The molecule has 19 rings (SSSR count). The molecule has 0 saturated heterocycles. The highest BCUT2D eigenvalue weighted by Crippen LogP contribution is 2.57. The topological polar surface area (TPSA) is 0 Å². The minimum absolute atomic E-state index is 0.288. The Balaban J connectivity index is 0.000000146. The third-order valence-electron chi connectivity index (χ3n) is 30.7. The maximum atomic E-state index is 2.39. The molecule has 0 nitrogen and oxygen atoms in total. The van der Waals surface area contributed by atoms with E-state index in [0.29, 0.717) is 0 Å². The summed E-state index contributed by atoms with van der Waals surface area (Å²) in [7, 11) is 0. The van der Waals surface area contributed by atoms with Gasteiger partial charge in [0, 0.05) is 0 Å². The fourth-order valence-electron chi connectivity index (χ4n) is 19.0. The predicted molar refractivity (Wildman–Crippen MR) is 610 cm³/mol. The van der Waals surface area contributed by atoms with Crippen LogP contribution in [0, 0.1) is 222 Å². The van der Waals surface area contributed by atoms with Gasteiger partial charge in [-0.15, -0.1) is 0 Å². The Hall–Kier alpha value is -13.5. The lowest BCUT2D eigenvalue weighted by Gasteiger charge is -2.34. The zero-order chi connectivity index (χ0) is 101. The van der Waals surface area contributed by atoms with Crippen LogP contribution >= 0.6 is 0 Å². The van der Waals surface area contributed by atoms with Crippen molar-refractivity contribution >= 4 is 21.5 Å². The summed E-state index contributed by atoms with van der Waals surface area (Å²) in [6, 6.07) is 116. The van der Waals surface area contributed by atoms with E-state index in [0.717, 1.165) is 12.8 Å². The highest BCUT2D eigenvalue weighted by Gasteiger charge is 2.46. The van der Waals surface area contributed by atoms with Crippen molar-refractivity contribution in [3.05, 3.63) is 538 Å². The molecular weight excluding hydrogens is 1670 g/mol. The molecule has 0 unspecified atom stereocenters. The highest BCUT2D eigenvalue weighted by atomic mass is 14.5. The van der Waals surface area contributed by atoms with Crippen molar-refractivity contribution in [2.75, 3.05) is 0 Å². The van der Waals surface area contributed by atoms with Crippen LogP contribution in [0.5, 0.6) is 0 Å². The molecular formula is C139H152. The van der Waals surface area contributed by atoms with Crippen molar-refractivity contribution in [2.45, 2.75) is 240 Å². The molecule has 0 N–H and O–H groups in total. The zero-order valence-corrected chi connectivity index (χ0v) is 89.9. The maximum Gasteiger partial charge on any atom is 0.0713 e. The first-order chi connectivity index (χ1) is 66.1. The maximum absolute atomic E-state index is 2.39. The first-order valence-corrected chi connectivity index (χ1v) is 50.1. The summed E-state index contributed by atoms with van der Waals surface area (Å²) < 4.78 is 0. The Kier molecular flexibility index (Phi) is 34.8. The Labute approximate surface area is 837 Å². The first kappa shape index (κ1) is 104. The lowest BCUT2D eigenvalue weighted by Crippen LogP contribution is -2.29. The van der Waals surface area contributed by atoms with E-state index in [1.807, 2.05) is 0 Å². The fraction of sp³-hybridized carbons (Fsp3) is 0.252. The van der Waals surface area contributed by atoms with E-state index in [9.17, 15) is 0 Å². The van der Waals surface area contributed by atoms with E-state index in [4.69, 9.17) is 0 Å². The second-order valence-electron chi connectivity index (χ2n) is 40.4. The van der Waals surface area contributed by atoms with Crippen molar-refractivity contribution in [1.82, 2.24) is 0 Å². The van der Waals surface area contributed by atoms with Gasteiger partial charge in [0.15, 0.2) is 0 Å². The van der Waals surface area contributed by atoms with Crippen molar-refractivity contribution < 1.29 is 0 Å². The van der Waals surface area contributed by atoms with E-state index in [-0.39, 0.29) is 5.41 Å². The monoisotopic (exact) mass is 1820 g/mol. The number of fused-ring (bicyclic) bond motifs is 5. The molecule has 0 spiro atoms. The quantitative estimate of drug-likeness (QED) is 0.135. The molecule has 18 aromatic rings. The average Bonchev–Trinajstić information content (AvgIpc) is 1.54. The Morgan fingerprint density at radius 1 is 0.158 bits per heavy atom. The first-order valence-electron chi connectivity index (χ1n) is 50.1. The molecule has 0 bridgehead atoms. The lowest BCUT2D eigenvalue weighted by molar-refractivity contribution is 0.765. The lowest BCUT2D eigenvalue weighted by atomic mass is 9.67. The van der Waals surface area contributed by atoms with E-state index < -0.39 is 0 Å². The van der Waals surface area contributed by atoms with Gasteiger partial charge < -0.3 is 0 Å². The van der Waals surface area contributed by atoms with E-state index in [1.165, 1.54) is 289 Å². The van der Waals surface area contributed by atoms with Crippen molar-refractivity contribution in [2.24, 2.45) is 0 Å². The minimum Gasteiger partial charge on any atom is -0.0619 e. The molecule has 0 heterocycles. The number of benzene rings is 18. The summed E-state index contributed by atoms with van der Waals surface area (Å²) in [5.74, 6) is 0. The Morgan fingerprint density at radius 2 is 0.439 bits per heavy atom. The minimum atomic E-state index is -0.288. The van der Waals surface area contributed by atoms with Crippen LogP contribution in [0.25, 0.3) is 66.1 Å². The van der Waals surface area contributed by atoms with Crippen LogP contribution < -0.4 is 0 Å². The number of rotatable bonds is 9. The molecule has 0 radical (unpaired) electrons. The third-order valence-corrected chi connectivity index (χ3v) is 30.7. The average molecular weight is 1820 g/mol. The standard InChI is InChI=1S/C29H26.C24H22.2C17H20.2C16H18.2C10H14/c1-19-13-15-23(17-21(19)3)29(24-16-14-20(2)22(4)18-24)27-11-7-5-9-25(27)26-10-6-8-12-28(26)29;1-15-13-19-9-5-7-11-21(19)23(17(15)3)24-18(4)16(2)14-20-10-6-8-12-22(20)24;1-12-5-7-16(9-14(12)3)11-17-8-6-13(2)15(4)10-17;1-12-8-9-16(10-14(12)3)11-17-7-5-6-13(2)15(17)4;1-11-5-7-15(9-13(11)3)16-8-6-12(2)14(4)10-16;1-11-8-9-15(10-13(11)3)16-7-5-6-12(2)14(16)4;1-7-5-9(3)10(4)6-8(7)2;1-7-5-6-8(2)10(4)9(7)3/h5-18H,1-4H3;5-14H,1-4H3;2*5-10H,11H2,1-4H3;2*5-10H,1-4H3;2*5-6H,1-4H3. The van der Waals surface area contributed by atoms with E-state index in [2.05, 4.69) is 537 Å². The van der Waals surface area contributed by atoms with Crippen LogP contribution in [0.1, 0.15) is 223 Å². The van der Waals surface area contributed by atoms with Crippen LogP contribution in [-0.4, -0.2) is 0 Å². The summed E-state index contributed by atoms with van der Waals surface area (Å²) >= 11 is 0. The van der Waals surface area contributed by atoms with Crippen LogP contribution in [0.4, 0.5) is 0 Å². The third kappa shape index (κ3) is 24.6. The molecule has 1 aliphatic rings. The molecule has 0 fully saturated rings. The number of hydrogen-bond acceptors (Lipinski definition) is 0. The van der Waals surface area contributed by atoms with Gasteiger partial charge in [0.2, 0.25) is 0 Å². The second kappa shape index (κ2) is 46.3. The summed E-state index contributed by atoms with van der Waals surface area (Å²) in [6.45, 7) is 69.8. The van der Waals surface area contributed by atoms with Gasteiger partial charge in [-0.1, -0.05) is 315 Å². The molecule has 0 aliphatic heterocycles. The zero-order valence-electron chi connectivity index (χ0n) is 89.9. The number of aryl methyl sites for hydroxylation is 26. The van der Waals surface area contributed by atoms with E-state index >= 15 is 0 Å². The van der Waals surface area contributed by atoms with Crippen LogP contribution in [-0.2, 0) is 18.3 Å². The molecule has 18 aromatic carbocycles. The molecule has 708 valence electrons. The fourth-order valence-corrected chi connectivity index (χ4v) is 19.0. The highest BCUT2D eigenvalue weighted by molar-refractivity contribution is 6.08. The molecule has 0 atom stereocenters. The normalized spacial score (nSPS) is 11.3. The van der Waals surface area contributed by atoms with Crippen LogP contribution in [0.2, 0.25) is 0 Å². The predicted octanol–water partition coefficient (Wildman–Crippen LogP) is 38.2. The van der Waals surface area contributed by atoms with Gasteiger partial charge in [-0.05, 0) is 523 Å². The van der Waals surface area contributed by atoms with Crippen molar-refractivity contribution in [3.63, 3.8) is 0 Å². The number of hydrogen-bond donors (Lipinski definition) is 0. The van der Waals surface area contributed by atoms with Gasteiger partial charge in [-0.3, -0.25) is 0 Å². The molecule has 0 heteroatoms. The van der Waals surface area contributed by atoms with E-state index in [1.54, 1.807) is 0 Å². The molecule has 0 aromatic heterocycles. The van der Waals surface area contributed by atoms with Gasteiger partial charge in [0.05, 0.1) is 5.41 Å². The van der Waals surface area contributed by atoms with Gasteiger partial charge in [0.1, 0.15) is 0 Å². The summed E-state index contributed by atoms with van der Waals surface area (Å²) in [5, 5.41) is 5.33. The summed E-state index contributed by atoms with van der Waals surface area (Å²) in [6.07, 6.45) is 2.07. The van der Waals surface area contributed by atoms with Crippen LogP contribution in [0.15, 0.2) is 315 Å². The molecule has 1 aliphatic carbocycles. The smallest absolute Gasteiger partial charge is 0.0619 e. The van der Waals surface area contributed by atoms with Crippen molar-refractivity contribution in [3.8, 4) is 44.5 Å².